The molecule has 2 heterocycles. The molecule has 0 aliphatic rings. The van der Waals surface area contributed by atoms with Crippen molar-refractivity contribution in [1.82, 2.24) is 14.8 Å². The van der Waals surface area contributed by atoms with Crippen LogP contribution in [0.4, 0.5) is 17.2 Å². The third-order valence-corrected chi connectivity index (χ3v) is 4.60. The van der Waals surface area contributed by atoms with Gasteiger partial charge in [0.2, 0.25) is 0 Å². The van der Waals surface area contributed by atoms with Crippen LogP contribution in [0.25, 0.3) is 5.82 Å². The number of pyridine rings is 1. The lowest BCUT2D eigenvalue weighted by molar-refractivity contribution is -0.394. The molecule has 0 atom stereocenters. The Bertz CT molecular complexity index is 1180. The van der Waals surface area contributed by atoms with Gasteiger partial charge in [-0.3, -0.25) is 25.0 Å². The van der Waals surface area contributed by atoms with E-state index in [2.05, 4.69) is 15.4 Å². The highest BCUT2D eigenvalue weighted by molar-refractivity contribution is 6.06. The van der Waals surface area contributed by atoms with E-state index in [4.69, 9.17) is 0 Å². The number of hydrogen-bond acceptors (Lipinski definition) is 7. The van der Waals surface area contributed by atoms with Crippen molar-refractivity contribution in [1.29, 1.82) is 0 Å². The molecule has 3 rings (SSSR count). The number of carbonyl (C=O) groups is 1. The molecule has 3 aromatic rings. The van der Waals surface area contributed by atoms with E-state index in [1.165, 1.54) is 11.6 Å². The Morgan fingerprint density at radius 2 is 1.81 bits per heavy atom. The molecular weight excluding hydrogens is 404 g/mol. The highest BCUT2D eigenvalue weighted by Gasteiger charge is 2.27. The van der Waals surface area contributed by atoms with Gasteiger partial charge < -0.3 is 5.32 Å². The number of benzene rings is 1. The number of nitrogens with zero attached hydrogens (tertiary/aromatic N) is 5. The third kappa shape index (κ3) is 4.39. The Balaban J connectivity index is 2.09. The number of aromatic nitrogens is 3. The highest BCUT2D eigenvalue weighted by atomic mass is 16.6. The number of rotatable bonds is 5. The molecule has 1 amide bonds. The smallest absolute Gasteiger partial charge is 0.279 e. The van der Waals surface area contributed by atoms with E-state index >= 15 is 0 Å². The van der Waals surface area contributed by atoms with Crippen molar-refractivity contribution >= 4 is 23.1 Å². The second-order valence-electron chi connectivity index (χ2n) is 7.87. The zero-order valence-electron chi connectivity index (χ0n) is 17.3. The summed E-state index contributed by atoms with van der Waals surface area (Å²) in [6.45, 7) is 7.24. The van der Waals surface area contributed by atoms with Crippen LogP contribution >= 0.6 is 0 Å². The van der Waals surface area contributed by atoms with E-state index in [0.717, 1.165) is 12.1 Å². The van der Waals surface area contributed by atoms with Crippen LogP contribution in [0.15, 0.2) is 42.6 Å². The molecule has 31 heavy (non-hydrogen) atoms. The van der Waals surface area contributed by atoms with Crippen molar-refractivity contribution in [3.63, 3.8) is 0 Å². The van der Waals surface area contributed by atoms with E-state index in [9.17, 15) is 25.0 Å². The van der Waals surface area contributed by atoms with Crippen molar-refractivity contribution in [3.05, 3.63) is 79.6 Å². The van der Waals surface area contributed by atoms with Gasteiger partial charge in [-0.15, -0.1) is 0 Å². The van der Waals surface area contributed by atoms with Gasteiger partial charge in [-0.25, -0.2) is 4.98 Å². The van der Waals surface area contributed by atoms with Crippen molar-refractivity contribution in [2.75, 3.05) is 5.32 Å². The molecule has 0 bridgehead atoms. The minimum absolute atomic E-state index is 0.0213. The summed E-state index contributed by atoms with van der Waals surface area (Å²) in [6.07, 6.45) is 1.58. The quantitative estimate of drug-likeness (QED) is 0.482. The van der Waals surface area contributed by atoms with Gasteiger partial charge in [0.15, 0.2) is 5.82 Å². The predicted octanol–water partition coefficient (Wildman–Crippen LogP) is 3.94. The Kier molecular flexibility index (Phi) is 5.52. The summed E-state index contributed by atoms with van der Waals surface area (Å²) in [5.74, 6) is -0.000862. The number of carbonyl (C=O) groups excluding carboxylic acids is 1. The first kappa shape index (κ1) is 21.6. The molecule has 0 fully saturated rings. The van der Waals surface area contributed by atoms with Crippen LogP contribution in [0.2, 0.25) is 0 Å². The molecule has 1 aromatic carbocycles. The Morgan fingerprint density at radius 1 is 1.10 bits per heavy atom. The molecule has 0 unspecified atom stereocenters. The fourth-order valence-corrected chi connectivity index (χ4v) is 2.89. The van der Waals surface area contributed by atoms with Crippen LogP contribution in [-0.2, 0) is 5.41 Å². The number of nitro benzene ring substituents is 2. The molecule has 0 spiro atoms. The molecule has 160 valence electrons. The van der Waals surface area contributed by atoms with Gasteiger partial charge in [0.25, 0.3) is 17.3 Å². The average molecular weight is 424 g/mol. The van der Waals surface area contributed by atoms with E-state index in [1.807, 2.05) is 20.8 Å². The molecule has 0 aliphatic heterocycles. The lowest BCUT2D eigenvalue weighted by Gasteiger charge is -2.13. The Morgan fingerprint density at radius 3 is 2.35 bits per heavy atom. The monoisotopic (exact) mass is 424 g/mol. The van der Waals surface area contributed by atoms with Gasteiger partial charge in [0, 0.05) is 29.3 Å². The Labute approximate surface area is 177 Å². The standard InChI is InChI=1S/C20H20N6O5/c1-12-14(9-13(25(28)29)10-15(12)26(30)31)19(27)22-18-11-16(20(2,3)4)23-24(18)17-7-5-6-8-21-17/h5-11H,1-4H3,(H,22,27). The van der Waals surface area contributed by atoms with Crippen molar-refractivity contribution in [2.24, 2.45) is 0 Å². The Hall–Kier alpha value is -4.15. The van der Waals surface area contributed by atoms with Gasteiger partial charge in [-0.05, 0) is 19.1 Å². The summed E-state index contributed by atoms with van der Waals surface area (Å²) in [4.78, 5) is 38.2. The number of hydrogen-bond donors (Lipinski definition) is 1. The lowest BCUT2D eigenvalue weighted by atomic mass is 9.92. The summed E-state index contributed by atoms with van der Waals surface area (Å²) in [5.41, 5.74) is -0.862. The van der Waals surface area contributed by atoms with E-state index in [0.29, 0.717) is 11.5 Å². The molecule has 11 heteroatoms. The minimum atomic E-state index is -0.779. The molecule has 2 aromatic heterocycles. The molecular formula is C20H20N6O5. The first-order valence-electron chi connectivity index (χ1n) is 9.25. The van der Waals surface area contributed by atoms with Crippen molar-refractivity contribution in [2.45, 2.75) is 33.1 Å². The maximum absolute atomic E-state index is 13.0. The normalized spacial score (nSPS) is 11.2. The molecule has 11 nitrogen and oxygen atoms in total. The van der Waals surface area contributed by atoms with Crippen LogP contribution < -0.4 is 5.32 Å². The lowest BCUT2D eigenvalue weighted by Crippen LogP contribution is -2.17. The maximum atomic E-state index is 13.0. The minimum Gasteiger partial charge on any atom is -0.306 e. The van der Waals surface area contributed by atoms with Gasteiger partial charge in [-0.1, -0.05) is 26.8 Å². The summed E-state index contributed by atoms with van der Waals surface area (Å²) < 4.78 is 1.44. The number of nitrogens with one attached hydrogen (secondary N) is 1. The number of non-ortho nitro benzene ring substituents is 1. The molecule has 0 radical (unpaired) electrons. The van der Waals surface area contributed by atoms with E-state index < -0.39 is 27.1 Å². The fourth-order valence-electron chi connectivity index (χ4n) is 2.89. The van der Waals surface area contributed by atoms with Crippen molar-refractivity contribution < 1.29 is 14.6 Å². The van der Waals surface area contributed by atoms with Crippen LogP contribution in [0, 0.1) is 27.2 Å². The fraction of sp³-hybridized carbons (Fsp3) is 0.250. The predicted molar refractivity (Wildman–Crippen MR) is 113 cm³/mol. The largest absolute Gasteiger partial charge is 0.306 e. The topological polar surface area (TPSA) is 146 Å². The zero-order chi connectivity index (χ0) is 22.9. The second-order valence-corrected chi connectivity index (χ2v) is 7.87. The molecule has 0 saturated carbocycles. The highest BCUT2D eigenvalue weighted by Crippen LogP contribution is 2.30. The van der Waals surface area contributed by atoms with Crippen LogP contribution in [-0.4, -0.2) is 30.5 Å². The summed E-state index contributed by atoms with van der Waals surface area (Å²) in [5, 5.41) is 29.7. The van der Waals surface area contributed by atoms with Crippen molar-refractivity contribution in [3.8, 4) is 5.82 Å². The molecule has 0 saturated heterocycles. The van der Waals surface area contributed by atoms with Gasteiger partial charge in [0.1, 0.15) is 5.82 Å². The van der Waals surface area contributed by atoms with Gasteiger partial charge in [0.05, 0.1) is 27.2 Å². The van der Waals surface area contributed by atoms with Gasteiger partial charge in [-0.2, -0.15) is 9.78 Å². The van der Waals surface area contributed by atoms with Gasteiger partial charge >= 0.3 is 0 Å². The first-order valence-corrected chi connectivity index (χ1v) is 9.25. The van der Waals surface area contributed by atoms with E-state index in [1.54, 1.807) is 30.5 Å². The maximum Gasteiger partial charge on any atom is 0.279 e. The number of anilines is 1. The summed E-state index contributed by atoms with van der Waals surface area (Å²) in [6, 6.07) is 8.74. The van der Waals surface area contributed by atoms with E-state index in [-0.39, 0.29) is 22.4 Å². The SMILES string of the molecule is Cc1c(C(=O)Nc2cc(C(C)(C)C)nn2-c2ccccn2)cc([N+](=O)[O-])cc1[N+](=O)[O-]. The molecule has 0 aliphatic carbocycles. The second kappa shape index (κ2) is 7.94. The number of nitro groups is 2. The summed E-state index contributed by atoms with van der Waals surface area (Å²) in [7, 11) is 0. The molecule has 1 N–H and O–H groups in total. The first-order chi connectivity index (χ1) is 14.5. The van der Waals surface area contributed by atoms with Crippen LogP contribution in [0.5, 0.6) is 0 Å². The zero-order valence-corrected chi connectivity index (χ0v) is 17.3. The summed E-state index contributed by atoms with van der Waals surface area (Å²) >= 11 is 0. The number of amides is 1. The third-order valence-electron chi connectivity index (χ3n) is 4.60. The average Bonchev–Trinajstić information content (AvgIpc) is 3.12. The van der Waals surface area contributed by atoms with Crippen LogP contribution in [0.1, 0.15) is 42.4 Å². The van der Waals surface area contributed by atoms with Crippen LogP contribution in [0.3, 0.4) is 0 Å².